The van der Waals surface area contributed by atoms with Gasteiger partial charge >= 0.3 is 11.9 Å². The van der Waals surface area contributed by atoms with Crippen molar-refractivity contribution in [2.45, 2.75) is 19.3 Å². The lowest BCUT2D eigenvalue weighted by molar-refractivity contribution is -0.145. The fourth-order valence-electron chi connectivity index (χ4n) is 2.69. The van der Waals surface area contributed by atoms with Crippen molar-refractivity contribution < 1.29 is 28.5 Å². The lowest BCUT2D eigenvalue weighted by atomic mass is 9.89. The normalized spacial score (nSPS) is 10.1. The van der Waals surface area contributed by atoms with Crippen LogP contribution in [0.25, 0.3) is 0 Å². The molecule has 2 aromatic rings. The zero-order valence-corrected chi connectivity index (χ0v) is 16.3. The van der Waals surface area contributed by atoms with Crippen molar-refractivity contribution in [2.75, 3.05) is 13.6 Å². The number of rotatable bonds is 11. The average Bonchev–Trinajstić information content (AvgIpc) is 2.76. The van der Waals surface area contributed by atoms with E-state index in [1.807, 2.05) is 48.5 Å². The summed E-state index contributed by atoms with van der Waals surface area (Å²) in [5.74, 6) is 0.366. The standard InChI is InChI=1S/C23H24O6/c1-4-21(17-7-11-19(12-8-17)26-15-28-22(24)5-2)18-9-13-20(14-10-18)27-16-29-23(25)6-3/h5-14,21H,2-4,15-16H2,1H3. The summed E-state index contributed by atoms with van der Waals surface area (Å²) in [5, 5.41) is 0. The highest BCUT2D eigenvalue weighted by Gasteiger charge is 2.12. The summed E-state index contributed by atoms with van der Waals surface area (Å²) in [5.41, 5.74) is 2.27. The van der Waals surface area contributed by atoms with E-state index in [1.165, 1.54) is 0 Å². The Balaban J connectivity index is 1.95. The van der Waals surface area contributed by atoms with Gasteiger partial charge in [-0.05, 0) is 41.8 Å². The predicted molar refractivity (Wildman–Crippen MR) is 109 cm³/mol. The summed E-state index contributed by atoms with van der Waals surface area (Å²) < 4.78 is 20.4. The first-order valence-electron chi connectivity index (χ1n) is 9.11. The first-order chi connectivity index (χ1) is 14.1. The van der Waals surface area contributed by atoms with Crippen LogP contribution in [0.3, 0.4) is 0 Å². The summed E-state index contributed by atoms with van der Waals surface area (Å²) in [6, 6.07) is 15.3. The summed E-state index contributed by atoms with van der Waals surface area (Å²) in [4.78, 5) is 22.0. The fraction of sp³-hybridized carbons (Fsp3) is 0.217. The Kier molecular flexibility index (Phi) is 8.51. The topological polar surface area (TPSA) is 71.1 Å². The molecule has 0 amide bonds. The third kappa shape index (κ3) is 6.84. The van der Waals surface area contributed by atoms with Gasteiger partial charge in [0.05, 0.1) is 0 Å². The smallest absolute Gasteiger partial charge is 0.333 e. The van der Waals surface area contributed by atoms with Crippen molar-refractivity contribution in [1.82, 2.24) is 0 Å². The fourth-order valence-corrected chi connectivity index (χ4v) is 2.69. The van der Waals surface area contributed by atoms with E-state index in [1.54, 1.807) is 0 Å². The molecule has 0 N–H and O–H groups in total. The number of carbonyl (C=O) groups is 2. The Morgan fingerprint density at radius 3 is 1.48 bits per heavy atom. The molecule has 0 spiro atoms. The second-order valence-corrected chi connectivity index (χ2v) is 5.96. The molecule has 152 valence electrons. The van der Waals surface area contributed by atoms with Gasteiger partial charge in [-0.1, -0.05) is 44.3 Å². The number of ether oxygens (including phenoxy) is 4. The van der Waals surface area contributed by atoms with Crippen LogP contribution in [0.4, 0.5) is 0 Å². The first kappa shape index (κ1) is 21.8. The summed E-state index contributed by atoms with van der Waals surface area (Å²) >= 11 is 0. The third-order valence-electron chi connectivity index (χ3n) is 4.16. The molecule has 2 aromatic carbocycles. The minimum atomic E-state index is -0.529. The lowest BCUT2D eigenvalue weighted by Gasteiger charge is -2.17. The maximum absolute atomic E-state index is 11.0. The number of hydrogen-bond donors (Lipinski definition) is 0. The molecule has 0 aliphatic rings. The molecule has 0 atom stereocenters. The van der Waals surface area contributed by atoms with Crippen LogP contribution in [0.2, 0.25) is 0 Å². The Hall–Kier alpha value is -3.54. The van der Waals surface area contributed by atoms with Crippen LogP contribution in [0, 0.1) is 0 Å². The number of esters is 2. The van der Waals surface area contributed by atoms with Gasteiger partial charge in [-0.25, -0.2) is 9.59 Å². The van der Waals surface area contributed by atoms with E-state index < -0.39 is 11.9 Å². The van der Waals surface area contributed by atoms with Gasteiger partial charge in [-0.15, -0.1) is 0 Å². The third-order valence-corrected chi connectivity index (χ3v) is 4.16. The molecule has 0 fully saturated rings. The maximum Gasteiger partial charge on any atom is 0.333 e. The molecule has 0 radical (unpaired) electrons. The second kappa shape index (κ2) is 11.3. The first-order valence-corrected chi connectivity index (χ1v) is 9.11. The van der Waals surface area contributed by atoms with Crippen LogP contribution in [0.1, 0.15) is 30.4 Å². The lowest BCUT2D eigenvalue weighted by Crippen LogP contribution is -2.08. The van der Waals surface area contributed by atoms with Crippen molar-refractivity contribution in [2.24, 2.45) is 0 Å². The van der Waals surface area contributed by atoms with E-state index >= 15 is 0 Å². The van der Waals surface area contributed by atoms with E-state index in [-0.39, 0.29) is 19.5 Å². The molecule has 0 saturated carbocycles. The molecule has 2 rings (SSSR count). The van der Waals surface area contributed by atoms with E-state index in [9.17, 15) is 9.59 Å². The molecule has 29 heavy (non-hydrogen) atoms. The van der Waals surface area contributed by atoms with Gasteiger partial charge < -0.3 is 18.9 Å². The van der Waals surface area contributed by atoms with Gasteiger partial charge in [-0.2, -0.15) is 0 Å². The Bertz CT molecular complexity index is 754. The van der Waals surface area contributed by atoms with E-state index in [0.29, 0.717) is 11.5 Å². The highest BCUT2D eigenvalue weighted by Crippen LogP contribution is 2.30. The van der Waals surface area contributed by atoms with E-state index in [4.69, 9.17) is 18.9 Å². The largest absolute Gasteiger partial charge is 0.457 e. The van der Waals surface area contributed by atoms with Crippen LogP contribution >= 0.6 is 0 Å². The molecule has 0 saturated heterocycles. The van der Waals surface area contributed by atoms with Gasteiger partial charge in [0.15, 0.2) is 0 Å². The van der Waals surface area contributed by atoms with Crippen molar-refractivity contribution in [3.05, 3.63) is 85.0 Å². The maximum atomic E-state index is 11.0. The molecule has 0 aliphatic heterocycles. The molecular weight excluding hydrogens is 372 g/mol. The second-order valence-electron chi connectivity index (χ2n) is 5.96. The van der Waals surface area contributed by atoms with Gasteiger partial charge in [-0.3, -0.25) is 0 Å². The van der Waals surface area contributed by atoms with Crippen LogP contribution < -0.4 is 9.47 Å². The molecule has 6 nitrogen and oxygen atoms in total. The van der Waals surface area contributed by atoms with E-state index in [2.05, 4.69) is 20.1 Å². The van der Waals surface area contributed by atoms with Gasteiger partial charge in [0.1, 0.15) is 11.5 Å². The molecule has 0 heterocycles. The monoisotopic (exact) mass is 396 g/mol. The molecule has 0 bridgehead atoms. The Labute approximate surface area is 170 Å². The van der Waals surface area contributed by atoms with Crippen LogP contribution in [0.15, 0.2) is 73.8 Å². The van der Waals surface area contributed by atoms with Crippen molar-refractivity contribution >= 4 is 11.9 Å². The minimum Gasteiger partial charge on any atom is -0.457 e. The van der Waals surface area contributed by atoms with Gasteiger partial charge in [0.25, 0.3) is 0 Å². The quantitative estimate of drug-likeness (QED) is 0.319. The molecule has 0 unspecified atom stereocenters. The average molecular weight is 396 g/mol. The molecular formula is C23H24O6. The number of benzene rings is 2. The zero-order valence-electron chi connectivity index (χ0n) is 16.3. The van der Waals surface area contributed by atoms with Crippen LogP contribution in [-0.2, 0) is 19.1 Å². The summed E-state index contributed by atoms with van der Waals surface area (Å²) in [7, 11) is 0. The van der Waals surface area contributed by atoms with Crippen molar-refractivity contribution in [3.63, 3.8) is 0 Å². The SMILES string of the molecule is C=CC(=O)OCOc1ccc(C(CC)c2ccc(OCOC(=O)C=C)cc2)cc1. The summed E-state index contributed by atoms with van der Waals surface area (Å²) in [6.07, 6.45) is 3.08. The van der Waals surface area contributed by atoms with Crippen LogP contribution in [-0.4, -0.2) is 25.5 Å². The van der Waals surface area contributed by atoms with Crippen molar-refractivity contribution in [3.8, 4) is 11.5 Å². The van der Waals surface area contributed by atoms with Crippen LogP contribution in [0.5, 0.6) is 11.5 Å². The van der Waals surface area contributed by atoms with Gasteiger partial charge in [0.2, 0.25) is 13.6 Å². The van der Waals surface area contributed by atoms with Gasteiger partial charge in [0, 0.05) is 18.1 Å². The molecule has 6 heteroatoms. The Morgan fingerprint density at radius 1 is 0.793 bits per heavy atom. The minimum absolute atomic E-state index is 0.162. The highest BCUT2D eigenvalue weighted by molar-refractivity contribution is 5.81. The molecule has 0 aliphatic carbocycles. The number of hydrogen-bond acceptors (Lipinski definition) is 6. The predicted octanol–water partition coefficient (Wildman–Crippen LogP) is 4.36. The van der Waals surface area contributed by atoms with E-state index in [0.717, 1.165) is 29.7 Å². The Morgan fingerprint density at radius 2 is 1.17 bits per heavy atom. The summed E-state index contributed by atoms with van der Waals surface area (Å²) in [6.45, 7) is 8.44. The molecule has 0 aromatic heterocycles. The zero-order chi connectivity index (χ0) is 21.1. The van der Waals surface area contributed by atoms with Crippen molar-refractivity contribution in [1.29, 1.82) is 0 Å². The number of carbonyl (C=O) groups excluding carboxylic acids is 2. The highest BCUT2D eigenvalue weighted by atomic mass is 16.7.